The number of benzene rings is 1. The number of hydrogen-bond acceptors (Lipinski definition) is 7. The second kappa shape index (κ2) is 12.6. The van der Waals surface area contributed by atoms with Gasteiger partial charge < -0.3 is 15.5 Å². The molecule has 1 amide bonds. The molecule has 2 N–H and O–H groups in total. The van der Waals surface area contributed by atoms with Gasteiger partial charge in [-0.3, -0.25) is 14.7 Å². The van der Waals surface area contributed by atoms with Crippen LogP contribution in [0.25, 0.3) is 0 Å². The molecule has 8 nitrogen and oxygen atoms in total. The monoisotopic (exact) mass is 512 g/mol. The fourth-order valence-corrected chi connectivity index (χ4v) is 5.42. The van der Waals surface area contributed by atoms with Crippen LogP contribution in [-0.4, -0.2) is 57.6 Å². The number of carbonyl (C=O) groups excluding carboxylic acids is 1. The summed E-state index contributed by atoms with van der Waals surface area (Å²) in [6.07, 6.45) is 7.05. The summed E-state index contributed by atoms with van der Waals surface area (Å²) >= 11 is 0. The summed E-state index contributed by atoms with van der Waals surface area (Å²) in [6.45, 7) is 4.59. The molecule has 2 aliphatic heterocycles. The highest BCUT2D eigenvalue weighted by Gasteiger charge is 2.32. The molecule has 2 aromatic heterocycles. The number of likely N-dealkylation sites (tertiary alicyclic amines) is 2. The van der Waals surface area contributed by atoms with Crippen LogP contribution in [0.4, 0.5) is 5.82 Å². The minimum Gasteiger partial charge on any atom is -0.391 e. The van der Waals surface area contributed by atoms with Crippen molar-refractivity contribution >= 4 is 17.4 Å². The van der Waals surface area contributed by atoms with Gasteiger partial charge in [-0.25, -0.2) is 4.98 Å². The molecule has 1 aromatic carbocycles. The van der Waals surface area contributed by atoms with Crippen molar-refractivity contribution in [2.24, 2.45) is 17.0 Å². The number of oxime groups is 1. The first-order chi connectivity index (χ1) is 18.7. The number of carbonyl (C=O) groups is 1. The van der Waals surface area contributed by atoms with E-state index in [9.17, 15) is 4.79 Å². The van der Waals surface area contributed by atoms with Crippen molar-refractivity contribution in [3.63, 3.8) is 0 Å². The molecule has 0 atom stereocenters. The van der Waals surface area contributed by atoms with E-state index in [1.165, 1.54) is 5.56 Å². The second-order valence-electron chi connectivity index (χ2n) is 10.2. The van der Waals surface area contributed by atoms with Crippen LogP contribution in [0, 0.1) is 11.8 Å². The number of aromatic nitrogens is 2. The lowest BCUT2D eigenvalue weighted by Crippen LogP contribution is -2.46. The largest absolute Gasteiger partial charge is 0.391 e. The minimum atomic E-state index is 0.100. The van der Waals surface area contributed by atoms with Crippen molar-refractivity contribution in [3.8, 4) is 0 Å². The first-order valence-corrected chi connectivity index (χ1v) is 13.5. The number of nitrogens with zero attached hydrogens (tertiary/aromatic N) is 5. The molecule has 198 valence electrons. The van der Waals surface area contributed by atoms with E-state index in [-0.39, 0.29) is 11.8 Å². The van der Waals surface area contributed by atoms with E-state index in [4.69, 9.17) is 10.6 Å². The molecule has 2 aliphatic rings. The number of rotatable bonds is 8. The zero-order valence-electron chi connectivity index (χ0n) is 21.8. The smallest absolute Gasteiger partial charge is 0.225 e. The number of nitrogen functional groups attached to an aromatic ring is 1. The SMILES string of the molecule is Nc1cc(CN2CCC(C(=O)N3CCC(C(=NOCc4ccccc4)c4ccccn4)CC3)CC2)ccn1. The molecule has 0 spiro atoms. The maximum atomic E-state index is 13.4. The molecule has 8 heteroatoms. The molecule has 5 rings (SSSR count). The lowest BCUT2D eigenvalue weighted by molar-refractivity contribution is -0.138. The third-order valence-corrected chi connectivity index (χ3v) is 7.55. The van der Waals surface area contributed by atoms with E-state index in [0.717, 1.165) is 75.4 Å². The molecule has 2 fully saturated rings. The zero-order valence-corrected chi connectivity index (χ0v) is 21.8. The third-order valence-electron chi connectivity index (χ3n) is 7.55. The maximum Gasteiger partial charge on any atom is 0.225 e. The predicted molar refractivity (Wildman–Crippen MR) is 148 cm³/mol. The number of pyridine rings is 2. The highest BCUT2D eigenvalue weighted by atomic mass is 16.6. The van der Waals surface area contributed by atoms with Gasteiger partial charge >= 0.3 is 0 Å². The number of nitrogens with two attached hydrogens (primary N) is 1. The summed E-state index contributed by atoms with van der Waals surface area (Å²) < 4.78 is 0. The molecule has 3 aromatic rings. The number of amides is 1. The summed E-state index contributed by atoms with van der Waals surface area (Å²) in [5.41, 5.74) is 9.78. The average Bonchev–Trinajstić information content (AvgIpc) is 2.97. The quantitative estimate of drug-likeness (QED) is 0.360. The summed E-state index contributed by atoms with van der Waals surface area (Å²) in [7, 11) is 0. The van der Waals surface area contributed by atoms with E-state index >= 15 is 0 Å². The van der Waals surface area contributed by atoms with E-state index in [0.29, 0.717) is 18.3 Å². The number of piperidine rings is 2. The normalized spacial score (nSPS) is 17.9. The van der Waals surface area contributed by atoms with Crippen molar-refractivity contribution < 1.29 is 9.63 Å². The summed E-state index contributed by atoms with van der Waals surface area (Å²) in [6, 6.07) is 19.8. The highest BCUT2D eigenvalue weighted by molar-refractivity contribution is 6.00. The Hall–Kier alpha value is -3.78. The zero-order chi connectivity index (χ0) is 26.2. The van der Waals surface area contributed by atoms with E-state index in [1.54, 1.807) is 12.4 Å². The Balaban J connectivity index is 1.14. The van der Waals surface area contributed by atoms with Gasteiger partial charge in [-0.15, -0.1) is 0 Å². The van der Waals surface area contributed by atoms with Crippen molar-refractivity contribution in [2.45, 2.75) is 38.8 Å². The van der Waals surface area contributed by atoms with Gasteiger partial charge in [0.15, 0.2) is 0 Å². The van der Waals surface area contributed by atoms with Crippen LogP contribution in [0.3, 0.4) is 0 Å². The van der Waals surface area contributed by atoms with E-state index in [1.807, 2.05) is 60.7 Å². The van der Waals surface area contributed by atoms with Crippen molar-refractivity contribution in [1.29, 1.82) is 0 Å². The standard InChI is InChI=1S/C30H36N6O2/c31-28-20-24(9-15-33-28)21-35-16-10-26(11-17-35)30(37)36-18-12-25(13-19-36)29(27-8-4-5-14-32-27)34-38-22-23-6-2-1-3-7-23/h1-9,14-15,20,25-26H,10-13,16-19,21-22H2,(H2,31,33). The van der Waals surface area contributed by atoms with E-state index < -0.39 is 0 Å². The van der Waals surface area contributed by atoms with Crippen LogP contribution in [0.5, 0.6) is 0 Å². The lowest BCUT2D eigenvalue weighted by atomic mass is 9.88. The molecule has 0 saturated carbocycles. The first kappa shape index (κ1) is 25.9. The van der Waals surface area contributed by atoms with Crippen molar-refractivity contribution in [1.82, 2.24) is 19.8 Å². The van der Waals surface area contributed by atoms with Crippen LogP contribution in [0.1, 0.15) is 42.5 Å². The van der Waals surface area contributed by atoms with Crippen molar-refractivity contribution in [3.05, 3.63) is 89.9 Å². The molecule has 2 saturated heterocycles. The van der Waals surface area contributed by atoms with Crippen LogP contribution < -0.4 is 5.73 Å². The van der Waals surface area contributed by atoms with Gasteiger partial charge in [-0.05, 0) is 74.2 Å². The Morgan fingerprint density at radius 3 is 2.32 bits per heavy atom. The highest BCUT2D eigenvalue weighted by Crippen LogP contribution is 2.27. The first-order valence-electron chi connectivity index (χ1n) is 13.5. The Morgan fingerprint density at radius 2 is 1.61 bits per heavy atom. The molecular weight excluding hydrogens is 476 g/mol. The summed E-state index contributed by atoms with van der Waals surface area (Å²) in [4.78, 5) is 32.2. The minimum absolute atomic E-state index is 0.100. The fraction of sp³-hybridized carbons (Fsp3) is 0.400. The van der Waals surface area contributed by atoms with Gasteiger partial charge in [0.1, 0.15) is 18.1 Å². The summed E-state index contributed by atoms with van der Waals surface area (Å²) in [5, 5.41) is 4.55. The van der Waals surface area contributed by atoms with Crippen LogP contribution in [-0.2, 0) is 22.8 Å². The Morgan fingerprint density at radius 1 is 0.868 bits per heavy atom. The fourth-order valence-electron chi connectivity index (χ4n) is 5.42. The Labute approximate surface area is 224 Å². The van der Waals surface area contributed by atoms with Crippen molar-refractivity contribution in [2.75, 3.05) is 31.9 Å². The molecular formula is C30H36N6O2. The van der Waals surface area contributed by atoms with Crippen LogP contribution >= 0.6 is 0 Å². The Kier molecular flexibility index (Phi) is 8.60. The average molecular weight is 513 g/mol. The third kappa shape index (κ3) is 6.75. The van der Waals surface area contributed by atoms with Crippen LogP contribution in [0.2, 0.25) is 0 Å². The van der Waals surface area contributed by atoms with Crippen LogP contribution in [0.15, 0.2) is 78.2 Å². The predicted octanol–water partition coefficient (Wildman–Crippen LogP) is 4.13. The molecule has 4 heterocycles. The van der Waals surface area contributed by atoms with Gasteiger partial charge in [-0.2, -0.15) is 0 Å². The molecule has 0 unspecified atom stereocenters. The van der Waals surface area contributed by atoms with Gasteiger partial charge in [0, 0.05) is 43.9 Å². The molecule has 0 radical (unpaired) electrons. The molecule has 38 heavy (non-hydrogen) atoms. The van der Waals surface area contributed by atoms with Gasteiger partial charge in [-0.1, -0.05) is 41.6 Å². The maximum absolute atomic E-state index is 13.4. The Bertz CT molecular complexity index is 1200. The van der Waals surface area contributed by atoms with E-state index in [2.05, 4.69) is 24.9 Å². The van der Waals surface area contributed by atoms with Gasteiger partial charge in [0.05, 0.1) is 5.69 Å². The van der Waals surface area contributed by atoms with Gasteiger partial charge in [0.25, 0.3) is 0 Å². The summed E-state index contributed by atoms with van der Waals surface area (Å²) in [5.74, 6) is 1.16. The molecule has 0 bridgehead atoms. The number of anilines is 1. The topological polar surface area (TPSA) is 96.9 Å². The lowest BCUT2D eigenvalue weighted by Gasteiger charge is -2.37. The van der Waals surface area contributed by atoms with Gasteiger partial charge in [0.2, 0.25) is 5.91 Å². The number of hydrogen-bond donors (Lipinski definition) is 1. The molecule has 0 aliphatic carbocycles. The second-order valence-corrected chi connectivity index (χ2v) is 10.2.